The average Bonchev–Trinajstić information content (AvgIpc) is 2.28. The third kappa shape index (κ3) is 8.12. The monoisotopic (exact) mass is 245 g/mol. The summed E-state index contributed by atoms with van der Waals surface area (Å²) in [6, 6.07) is 0.0665. The van der Waals surface area contributed by atoms with E-state index in [-0.39, 0.29) is 5.91 Å². The van der Waals surface area contributed by atoms with Crippen molar-refractivity contribution >= 4 is 5.91 Å². The third-order valence-electron chi connectivity index (χ3n) is 2.85. The van der Waals surface area contributed by atoms with Gasteiger partial charge in [0.05, 0.1) is 6.04 Å². The van der Waals surface area contributed by atoms with Crippen molar-refractivity contribution in [1.29, 1.82) is 0 Å². The van der Waals surface area contributed by atoms with Crippen LogP contribution in [-0.2, 0) is 9.53 Å². The van der Waals surface area contributed by atoms with Crippen LogP contribution >= 0.6 is 0 Å². The Hall–Kier alpha value is -0.650. The van der Waals surface area contributed by atoms with E-state index in [1.807, 2.05) is 7.05 Å². The van der Waals surface area contributed by atoms with Crippen LogP contribution in [0.4, 0.5) is 0 Å². The lowest BCUT2D eigenvalue weighted by atomic mass is 10.1. The minimum absolute atomic E-state index is 0.0711. The van der Waals surface area contributed by atoms with Gasteiger partial charge in [-0.3, -0.25) is 4.79 Å². The lowest BCUT2D eigenvalue weighted by Crippen LogP contribution is -2.44. The molecule has 1 amide bonds. The van der Waals surface area contributed by atoms with Crippen LogP contribution in [0.15, 0.2) is 0 Å². The van der Waals surface area contributed by atoms with Gasteiger partial charge in [0.1, 0.15) is 0 Å². The molecule has 0 saturated carbocycles. The van der Waals surface area contributed by atoms with Gasteiger partial charge in [-0.25, -0.2) is 0 Å². The molecule has 0 aliphatic carbocycles. The van der Waals surface area contributed by atoms with E-state index in [0.29, 0.717) is 25.6 Å². The molecule has 102 valence electrons. The number of hydrogen-bond donors (Lipinski definition) is 2. The van der Waals surface area contributed by atoms with Gasteiger partial charge in [0.2, 0.25) is 5.91 Å². The van der Waals surface area contributed by atoms with Crippen LogP contribution in [0.25, 0.3) is 0 Å². The van der Waals surface area contributed by atoms with Crippen molar-refractivity contribution in [3.8, 4) is 0 Å². The quantitative estimate of drug-likeness (QED) is 0.569. The molecular formula is C12H27N3O2. The van der Waals surface area contributed by atoms with Crippen LogP contribution in [0.1, 0.15) is 26.7 Å². The maximum Gasteiger partial charge on any atom is 0.236 e. The number of nitrogens with two attached hydrogens (primary N) is 1. The Morgan fingerprint density at radius 3 is 2.65 bits per heavy atom. The standard InChI is InChI=1S/C12H27N3O2/c1-10(2)15(3)8-7-14-12(16)11(13)6-5-9-17-4/h10-11H,5-9,13H2,1-4H3,(H,14,16). The van der Waals surface area contributed by atoms with Crippen LogP contribution < -0.4 is 11.1 Å². The molecule has 0 rings (SSSR count). The SMILES string of the molecule is COCCCC(N)C(=O)NCCN(C)C(C)C. The fraction of sp³-hybridized carbons (Fsp3) is 0.917. The van der Waals surface area contributed by atoms with Gasteiger partial charge >= 0.3 is 0 Å². The van der Waals surface area contributed by atoms with Crippen molar-refractivity contribution in [2.75, 3.05) is 33.9 Å². The number of amides is 1. The first-order valence-electron chi connectivity index (χ1n) is 6.21. The minimum atomic E-state index is -0.422. The van der Waals surface area contributed by atoms with Crippen LogP contribution in [0.2, 0.25) is 0 Å². The van der Waals surface area contributed by atoms with Gasteiger partial charge in [0.25, 0.3) is 0 Å². The predicted molar refractivity (Wildman–Crippen MR) is 69.9 cm³/mol. The Bertz CT molecular complexity index is 210. The second-order valence-electron chi connectivity index (χ2n) is 4.61. The highest BCUT2D eigenvalue weighted by Crippen LogP contribution is 1.95. The number of nitrogens with zero attached hydrogens (tertiary/aromatic N) is 1. The summed E-state index contributed by atoms with van der Waals surface area (Å²) in [5, 5.41) is 2.85. The third-order valence-corrected chi connectivity index (χ3v) is 2.85. The molecule has 0 aliphatic heterocycles. The minimum Gasteiger partial charge on any atom is -0.385 e. The summed E-state index contributed by atoms with van der Waals surface area (Å²) in [6.45, 7) is 6.38. The molecule has 0 bridgehead atoms. The molecule has 0 saturated heterocycles. The van der Waals surface area contributed by atoms with E-state index in [1.165, 1.54) is 0 Å². The van der Waals surface area contributed by atoms with E-state index < -0.39 is 6.04 Å². The Kier molecular flexibility index (Phi) is 9.03. The molecule has 0 aromatic rings. The molecule has 0 spiro atoms. The molecule has 17 heavy (non-hydrogen) atoms. The Balaban J connectivity index is 3.63. The maximum absolute atomic E-state index is 11.6. The first-order valence-corrected chi connectivity index (χ1v) is 6.21. The summed E-state index contributed by atoms with van der Waals surface area (Å²) in [7, 11) is 3.68. The number of nitrogens with one attached hydrogen (secondary N) is 1. The summed E-state index contributed by atoms with van der Waals surface area (Å²) >= 11 is 0. The number of methoxy groups -OCH3 is 1. The number of carbonyl (C=O) groups is 1. The van der Waals surface area contributed by atoms with Crippen molar-refractivity contribution in [1.82, 2.24) is 10.2 Å². The molecule has 1 atom stereocenters. The molecule has 0 heterocycles. The summed E-state index contributed by atoms with van der Waals surface area (Å²) in [5.74, 6) is -0.0711. The highest BCUT2D eigenvalue weighted by atomic mass is 16.5. The molecule has 5 nitrogen and oxygen atoms in total. The lowest BCUT2D eigenvalue weighted by molar-refractivity contribution is -0.122. The summed E-state index contributed by atoms with van der Waals surface area (Å²) < 4.78 is 4.92. The normalized spacial score (nSPS) is 13.1. The van der Waals surface area contributed by atoms with Gasteiger partial charge in [0.15, 0.2) is 0 Å². The predicted octanol–water partition coefficient (Wildman–Crippen LogP) is 0.197. The van der Waals surface area contributed by atoms with Gasteiger partial charge < -0.3 is 20.7 Å². The molecule has 5 heteroatoms. The molecule has 3 N–H and O–H groups in total. The number of rotatable bonds is 9. The highest BCUT2D eigenvalue weighted by molar-refractivity contribution is 5.81. The lowest BCUT2D eigenvalue weighted by Gasteiger charge is -2.21. The molecule has 0 aliphatic rings. The second kappa shape index (κ2) is 9.39. The molecule has 0 aromatic carbocycles. The molecule has 0 aromatic heterocycles. The van der Waals surface area contributed by atoms with E-state index in [9.17, 15) is 4.79 Å². The summed E-state index contributed by atoms with van der Waals surface area (Å²) in [5.41, 5.74) is 5.75. The van der Waals surface area contributed by atoms with Crippen molar-refractivity contribution in [2.24, 2.45) is 5.73 Å². The maximum atomic E-state index is 11.6. The molecule has 0 fully saturated rings. The van der Waals surface area contributed by atoms with Crippen molar-refractivity contribution in [3.05, 3.63) is 0 Å². The number of ether oxygens (including phenoxy) is 1. The largest absolute Gasteiger partial charge is 0.385 e. The Labute approximate surface area is 105 Å². The first-order chi connectivity index (χ1) is 7.99. The van der Waals surface area contributed by atoms with E-state index in [4.69, 9.17) is 10.5 Å². The molecular weight excluding hydrogens is 218 g/mol. The van der Waals surface area contributed by atoms with Crippen LogP contribution in [0, 0.1) is 0 Å². The van der Waals surface area contributed by atoms with Crippen molar-refractivity contribution < 1.29 is 9.53 Å². The van der Waals surface area contributed by atoms with Crippen molar-refractivity contribution in [3.63, 3.8) is 0 Å². The highest BCUT2D eigenvalue weighted by Gasteiger charge is 2.12. The topological polar surface area (TPSA) is 67.6 Å². The zero-order valence-electron chi connectivity index (χ0n) is 11.5. The van der Waals surface area contributed by atoms with Crippen molar-refractivity contribution in [2.45, 2.75) is 38.8 Å². The number of likely N-dealkylation sites (N-methyl/N-ethyl adjacent to an activating group) is 1. The van der Waals surface area contributed by atoms with Gasteiger partial charge in [-0.2, -0.15) is 0 Å². The van der Waals surface area contributed by atoms with E-state index in [2.05, 4.69) is 24.1 Å². The smallest absolute Gasteiger partial charge is 0.236 e. The van der Waals surface area contributed by atoms with Crippen LogP contribution in [0.3, 0.4) is 0 Å². The molecule has 1 unspecified atom stereocenters. The zero-order valence-corrected chi connectivity index (χ0v) is 11.5. The second-order valence-corrected chi connectivity index (χ2v) is 4.61. The van der Waals surface area contributed by atoms with Gasteiger partial charge in [0, 0.05) is 32.8 Å². The fourth-order valence-electron chi connectivity index (χ4n) is 1.32. The average molecular weight is 245 g/mol. The summed E-state index contributed by atoms with van der Waals surface area (Å²) in [4.78, 5) is 13.8. The van der Waals surface area contributed by atoms with Gasteiger partial charge in [-0.05, 0) is 33.7 Å². The number of carbonyl (C=O) groups excluding carboxylic acids is 1. The van der Waals surface area contributed by atoms with E-state index in [0.717, 1.165) is 13.0 Å². The van der Waals surface area contributed by atoms with E-state index in [1.54, 1.807) is 7.11 Å². The Morgan fingerprint density at radius 2 is 2.12 bits per heavy atom. The summed E-state index contributed by atoms with van der Waals surface area (Å²) in [6.07, 6.45) is 1.48. The zero-order chi connectivity index (χ0) is 13.3. The first kappa shape index (κ1) is 16.4. The van der Waals surface area contributed by atoms with Gasteiger partial charge in [-0.1, -0.05) is 0 Å². The number of hydrogen-bond acceptors (Lipinski definition) is 4. The van der Waals surface area contributed by atoms with Gasteiger partial charge in [-0.15, -0.1) is 0 Å². The Morgan fingerprint density at radius 1 is 1.47 bits per heavy atom. The van der Waals surface area contributed by atoms with Crippen LogP contribution in [-0.4, -0.2) is 56.7 Å². The van der Waals surface area contributed by atoms with E-state index >= 15 is 0 Å². The fourth-order valence-corrected chi connectivity index (χ4v) is 1.32. The van der Waals surface area contributed by atoms with Crippen LogP contribution in [0.5, 0.6) is 0 Å². The molecule has 0 radical (unpaired) electrons.